The number of aromatic nitrogens is 1. The minimum atomic E-state index is -0.477. The fourth-order valence-corrected chi connectivity index (χ4v) is 3.72. The van der Waals surface area contributed by atoms with E-state index < -0.39 is 5.82 Å². The molecule has 5 nitrogen and oxygen atoms in total. The Labute approximate surface area is 141 Å². The summed E-state index contributed by atoms with van der Waals surface area (Å²) in [6.07, 6.45) is 0.607. The van der Waals surface area contributed by atoms with Crippen LogP contribution in [0.3, 0.4) is 0 Å². The summed E-state index contributed by atoms with van der Waals surface area (Å²) < 4.78 is 13.1. The molecule has 2 aromatic rings. The number of fused-ring (bicyclic) bond motifs is 1. The second-order valence-corrected chi connectivity index (χ2v) is 6.66. The van der Waals surface area contributed by atoms with E-state index in [-0.39, 0.29) is 22.4 Å². The van der Waals surface area contributed by atoms with E-state index in [0.717, 1.165) is 16.6 Å². The van der Waals surface area contributed by atoms with E-state index in [4.69, 9.17) is 11.6 Å². The van der Waals surface area contributed by atoms with Gasteiger partial charge in [0.05, 0.1) is 22.8 Å². The third kappa shape index (κ3) is 3.35. The van der Waals surface area contributed by atoms with Crippen molar-refractivity contribution in [3.8, 4) is 0 Å². The molecule has 0 saturated carbocycles. The molecule has 2 heterocycles. The highest BCUT2D eigenvalue weighted by molar-refractivity contribution is 7.15. The van der Waals surface area contributed by atoms with Crippen molar-refractivity contribution in [2.24, 2.45) is 0 Å². The van der Waals surface area contributed by atoms with Crippen LogP contribution < -0.4 is 5.32 Å². The van der Waals surface area contributed by atoms with Gasteiger partial charge in [0.25, 0.3) is 5.91 Å². The van der Waals surface area contributed by atoms with Crippen LogP contribution in [0.5, 0.6) is 0 Å². The lowest BCUT2D eigenvalue weighted by molar-refractivity contribution is -0.114. The van der Waals surface area contributed by atoms with E-state index in [0.29, 0.717) is 24.6 Å². The first-order chi connectivity index (χ1) is 10.9. The van der Waals surface area contributed by atoms with E-state index in [1.165, 1.54) is 30.4 Å². The fraction of sp³-hybridized carbons (Fsp3) is 0.267. The van der Waals surface area contributed by atoms with Crippen molar-refractivity contribution in [1.29, 1.82) is 0 Å². The summed E-state index contributed by atoms with van der Waals surface area (Å²) in [7, 11) is 0. The maximum atomic E-state index is 13.1. The molecule has 0 bridgehead atoms. The Hall–Kier alpha value is -1.99. The monoisotopic (exact) mass is 353 g/mol. The highest BCUT2D eigenvalue weighted by Crippen LogP contribution is 2.30. The molecular formula is C15H13ClFN3O2S. The average Bonchev–Trinajstić information content (AvgIpc) is 2.86. The average molecular weight is 354 g/mol. The summed E-state index contributed by atoms with van der Waals surface area (Å²) in [6, 6.07) is 3.74. The third-order valence-corrected chi connectivity index (χ3v) is 4.77. The molecule has 0 spiro atoms. The molecule has 1 aromatic heterocycles. The Morgan fingerprint density at radius 3 is 2.91 bits per heavy atom. The Morgan fingerprint density at radius 2 is 2.22 bits per heavy atom. The number of nitrogens with one attached hydrogen (secondary N) is 1. The van der Waals surface area contributed by atoms with Gasteiger partial charge in [-0.05, 0) is 18.2 Å². The minimum absolute atomic E-state index is 0.101. The number of hydrogen-bond acceptors (Lipinski definition) is 4. The van der Waals surface area contributed by atoms with E-state index in [9.17, 15) is 14.0 Å². The van der Waals surface area contributed by atoms with Crippen molar-refractivity contribution in [3.05, 3.63) is 45.2 Å². The zero-order valence-corrected chi connectivity index (χ0v) is 13.8. The van der Waals surface area contributed by atoms with Gasteiger partial charge in [-0.2, -0.15) is 0 Å². The van der Waals surface area contributed by atoms with Crippen LogP contribution in [0, 0.1) is 5.82 Å². The Bertz CT molecular complexity index is 793. The Kier molecular flexibility index (Phi) is 4.32. The lowest BCUT2D eigenvalue weighted by atomic mass is 10.1. The van der Waals surface area contributed by atoms with E-state index in [1.54, 1.807) is 4.90 Å². The van der Waals surface area contributed by atoms with Crippen molar-refractivity contribution in [1.82, 2.24) is 9.88 Å². The molecular weight excluding hydrogens is 341 g/mol. The van der Waals surface area contributed by atoms with Crippen LogP contribution in [0.2, 0.25) is 5.02 Å². The fourth-order valence-electron chi connectivity index (χ4n) is 2.41. The van der Waals surface area contributed by atoms with Crippen molar-refractivity contribution >= 4 is 39.9 Å². The van der Waals surface area contributed by atoms with Crippen LogP contribution in [0.1, 0.15) is 27.9 Å². The van der Waals surface area contributed by atoms with Gasteiger partial charge in [-0.25, -0.2) is 9.37 Å². The topological polar surface area (TPSA) is 62.3 Å². The summed E-state index contributed by atoms with van der Waals surface area (Å²) in [5, 5.41) is 3.29. The molecule has 0 unspecified atom stereocenters. The maximum absolute atomic E-state index is 13.1. The maximum Gasteiger partial charge on any atom is 0.255 e. The number of rotatable bonds is 2. The largest absolute Gasteiger partial charge is 0.333 e. The van der Waals surface area contributed by atoms with Gasteiger partial charge in [0.2, 0.25) is 5.91 Å². The quantitative estimate of drug-likeness (QED) is 0.902. The van der Waals surface area contributed by atoms with Crippen LogP contribution in [-0.4, -0.2) is 28.2 Å². The molecule has 8 heteroatoms. The van der Waals surface area contributed by atoms with Gasteiger partial charge >= 0.3 is 0 Å². The molecule has 1 aromatic carbocycles. The number of halogens is 2. The molecule has 0 atom stereocenters. The second kappa shape index (κ2) is 6.25. The molecule has 3 rings (SSSR count). The van der Waals surface area contributed by atoms with Gasteiger partial charge in [-0.3, -0.25) is 9.59 Å². The molecule has 0 fully saturated rings. The van der Waals surface area contributed by atoms with Gasteiger partial charge < -0.3 is 10.2 Å². The molecule has 23 heavy (non-hydrogen) atoms. The zero-order valence-electron chi connectivity index (χ0n) is 12.2. The third-order valence-electron chi connectivity index (χ3n) is 3.46. The van der Waals surface area contributed by atoms with Crippen molar-refractivity contribution in [2.45, 2.75) is 19.9 Å². The van der Waals surface area contributed by atoms with E-state index in [2.05, 4.69) is 10.3 Å². The van der Waals surface area contributed by atoms with Crippen molar-refractivity contribution in [2.75, 3.05) is 11.9 Å². The summed E-state index contributed by atoms with van der Waals surface area (Å²) in [5.41, 5.74) is 1.18. The summed E-state index contributed by atoms with van der Waals surface area (Å²) in [6.45, 7) is 2.33. The smallest absolute Gasteiger partial charge is 0.255 e. The van der Waals surface area contributed by atoms with Crippen LogP contribution in [-0.2, 0) is 17.8 Å². The number of hydrogen-bond donors (Lipinski definition) is 1. The molecule has 120 valence electrons. The lowest BCUT2D eigenvalue weighted by Gasteiger charge is -2.26. The van der Waals surface area contributed by atoms with Crippen LogP contribution in [0.15, 0.2) is 18.2 Å². The van der Waals surface area contributed by atoms with Gasteiger partial charge in [-0.1, -0.05) is 22.9 Å². The van der Waals surface area contributed by atoms with Crippen LogP contribution in [0.4, 0.5) is 9.52 Å². The van der Waals surface area contributed by atoms with E-state index in [1.807, 2.05) is 0 Å². The molecule has 0 aliphatic carbocycles. The molecule has 1 aliphatic heterocycles. The number of benzene rings is 1. The number of amides is 2. The predicted molar refractivity (Wildman–Crippen MR) is 86.3 cm³/mol. The number of nitrogens with zero attached hydrogens (tertiary/aromatic N) is 2. The Morgan fingerprint density at radius 1 is 1.43 bits per heavy atom. The minimum Gasteiger partial charge on any atom is -0.333 e. The first-order valence-electron chi connectivity index (χ1n) is 6.94. The molecule has 1 aliphatic rings. The van der Waals surface area contributed by atoms with Crippen molar-refractivity contribution in [3.63, 3.8) is 0 Å². The van der Waals surface area contributed by atoms with Crippen LogP contribution >= 0.6 is 22.9 Å². The highest BCUT2D eigenvalue weighted by atomic mass is 35.5. The zero-order chi connectivity index (χ0) is 16.6. The van der Waals surface area contributed by atoms with Gasteiger partial charge in [0, 0.05) is 24.8 Å². The molecule has 0 radical (unpaired) electrons. The molecule has 1 N–H and O–H groups in total. The number of carbonyl (C=O) groups excluding carboxylic acids is 2. The highest BCUT2D eigenvalue weighted by Gasteiger charge is 2.26. The lowest BCUT2D eigenvalue weighted by Crippen LogP contribution is -2.35. The first kappa shape index (κ1) is 15.9. The molecule has 2 amide bonds. The van der Waals surface area contributed by atoms with Crippen molar-refractivity contribution < 1.29 is 14.0 Å². The normalized spacial score (nSPS) is 13.6. The van der Waals surface area contributed by atoms with Gasteiger partial charge in [-0.15, -0.1) is 0 Å². The number of carbonyl (C=O) groups is 2. The molecule has 0 saturated heterocycles. The van der Waals surface area contributed by atoms with Gasteiger partial charge in [0.1, 0.15) is 5.82 Å². The van der Waals surface area contributed by atoms with Crippen LogP contribution in [0.25, 0.3) is 0 Å². The first-order valence-corrected chi connectivity index (χ1v) is 8.14. The SMILES string of the molecule is CC(=O)Nc1nc2c(s1)CN(C(=O)c1ccc(F)cc1Cl)CC2. The standard InChI is InChI=1S/C15H13ClFN3O2S/c1-8(21)18-15-19-12-4-5-20(7-13(12)23-15)14(22)10-3-2-9(17)6-11(10)16/h2-3,6H,4-5,7H2,1H3,(H,18,19,21). The second-order valence-electron chi connectivity index (χ2n) is 5.17. The number of anilines is 1. The Balaban J connectivity index is 1.79. The summed E-state index contributed by atoms with van der Waals surface area (Å²) in [5.74, 6) is -0.896. The summed E-state index contributed by atoms with van der Waals surface area (Å²) in [4.78, 5) is 30.6. The van der Waals surface area contributed by atoms with Gasteiger partial charge in [0.15, 0.2) is 5.13 Å². The van der Waals surface area contributed by atoms with E-state index >= 15 is 0 Å². The summed E-state index contributed by atoms with van der Waals surface area (Å²) >= 11 is 7.32. The predicted octanol–water partition coefficient (Wildman–Crippen LogP) is 3.09. The number of thiazole rings is 1.